The molecule has 0 radical (unpaired) electrons. The van der Waals surface area contributed by atoms with Gasteiger partial charge < -0.3 is 24.5 Å². The van der Waals surface area contributed by atoms with Gasteiger partial charge in [-0.1, -0.05) is 30.5 Å². The third kappa shape index (κ3) is 3.45. The summed E-state index contributed by atoms with van der Waals surface area (Å²) in [6, 6.07) is 0. The third-order valence-electron chi connectivity index (χ3n) is 12.3. The standard InChI is InChI=1S/C31H43NO6/c1-7-14-36-32-19-10-13-29(5)21-11-12-28(4)20(24(21)25-26(38-25)31(29,35)16-19)8-9-22(28)30(6,34)23-15-17(2)18(3)27(33)37-23/h1,20-26,34-35H,8-16H2,2-6H3/b32-19-/t20-,21-,22-,23+,24-,25-,26-,28-,29+,30+,31-/m0/s1. The van der Waals surface area contributed by atoms with Crippen molar-refractivity contribution in [3.05, 3.63) is 11.1 Å². The minimum absolute atomic E-state index is 0.0363. The molecule has 5 fully saturated rings. The number of carbonyl (C=O) groups is 1. The molecule has 1 saturated heterocycles. The Balaban J connectivity index is 1.26. The quantitative estimate of drug-likeness (QED) is 0.188. The lowest BCUT2D eigenvalue weighted by Crippen LogP contribution is -2.66. The Morgan fingerprint density at radius 2 is 1.97 bits per heavy atom. The highest BCUT2D eigenvalue weighted by atomic mass is 16.6. The summed E-state index contributed by atoms with van der Waals surface area (Å²) in [5, 5.41) is 28.4. The number of oxime groups is 1. The predicted octanol–water partition coefficient (Wildman–Crippen LogP) is 4.16. The number of carbonyl (C=O) groups excluding carboxylic acids is 1. The number of aliphatic hydroxyl groups is 2. The van der Waals surface area contributed by atoms with Crippen molar-refractivity contribution in [3.63, 3.8) is 0 Å². The molecule has 6 aliphatic rings. The Hall–Kier alpha value is -1.88. The summed E-state index contributed by atoms with van der Waals surface area (Å²) in [5.74, 6) is 3.29. The molecular formula is C31H43NO6. The zero-order chi connectivity index (χ0) is 27.3. The topological polar surface area (TPSA) is 101 Å². The van der Waals surface area contributed by atoms with Gasteiger partial charge in [-0.3, -0.25) is 0 Å². The summed E-state index contributed by atoms with van der Waals surface area (Å²) in [5.41, 5.74) is 0.141. The van der Waals surface area contributed by atoms with E-state index < -0.39 is 17.3 Å². The van der Waals surface area contributed by atoms with Crippen molar-refractivity contribution in [2.45, 2.75) is 115 Å². The molecule has 4 saturated carbocycles. The molecule has 7 nitrogen and oxygen atoms in total. The summed E-state index contributed by atoms with van der Waals surface area (Å²) in [7, 11) is 0. The zero-order valence-corrected chi connectivity index (χ0v) is 23.5. The maximum absolute atomic E-state index is 12.5. The minimum Gasteiger partial charge on any atom is -0.456 e. The number of hydrogen-bond acceptors (Lipinski definition) is 7. The number of rotatable bonds is 4. The van der Waals surface area contributed by atoms with E-state index in [4.69, 9.17) is 20.7 Å². The van der Waals surface area contributed by atoms with E-state index in [9.17, 15) is 15.0 Å². The summed E-state index contributed by atoms with van der Waals surface area (Å²) in [6.45, 7) is 10.4. The first-order chi connectivity index (χ1) is 17.9. The highest BCUT2D eigenvalue weighted by Crippen LogP contribution is 2.73. The fraction of sp³-hybridized carbons (Fsp3) is 0.806. The lowest BCUT2D eigenvalue weighted by molar-refractivity contribution is -0.196. The summed E-state index contributed by atoms with van der Waals surface area (Å²) >= 11 is 0. The molecule has 6 rings (SSSR count). The van der Waals surface area contributed by atoms with Crippen molar-refractivity contribution >= 4 is 11.7 Å². The third-order valence-corrected chi connectivity index (χ3v) is 12.3. The van der Waals surface area contributed by atoms with Crippen molar-refractivity contribution in [3.8, 4) is 12.3 Å². The Kier molecular flexibility index (Phi) is 5.93. The molecule has 38 heavy (non-hydrogen) atoms. The summed E-state index contributed by atoms with van der Waals surface area (Å²) < 4.78 is 12.2. The summed E-state index contributed by atoms with van der Waals surface area (Å²) in [4.78, 5) is 17.8. The first kappa shape index (κ1) is 26.3. The minimum atomic E-state index is -1.11. The van der Waals surface area contributed by atoms with Crippen LogP contribution in [0.3, 0.4) is 0 Å². The molecule has 0 unspecified atom stereocenters. The molecule has 0 aromatic carbocycles. The first-order valence-corrected chi connectivity index (χ1v) is 14.5. The number of hydrogen-bond donors (Lipinski definition) is 2. The molecule has 2 N–H and O–H groups in total. The molecule has 0 bridgehead atoms. The van der Waals surface area contributed by atoms with E-state index in [-0.39, 0.29) is 41.5 Å². The highest BCUT2D eigenvalue weighted by Gasteiger charge is 2.76. The number of cyclic esters (lactones) is 1. The van der Waals surface area contributed by atoms with Gasteiger partial charge in [0, 0.05) is 23.8 Å². The molecule has 4 aliphatic carbocycles. The van der Waals surface area contributed by atoms with Gasteiger partial charge in [-0.2, -0.15) is 0 Å². The number of terminal acetylenes is 1. The predicted molar refractivity (Wildman–Crippen MR) is 142 cm³/mol. The van der Waals surface area contributed by atoms with Gasteiger partial charge in [-0.05, 0) is 88.4 Å². The molecule has 0 aromatic heterocycles. The van der Waals surface area contributed by atoms with Crippen molar-refractivity contribution in [1.82, 2.24) is 0 Å². The molecule has 11 atom stereocenters. The van der Waals surface area contributed by atoms with Crippen molar-refractivity contribution in [1.29, 1.82) is 0 Å². The van der Waals surface area contributed by atoms with Gasteiger partial charge >= 0.3 is 5.97 Å². The molecule has 208 valence electrons. The van der Waals surface area contributed by atoms with Gasteiger partial charge in [0.15, 0.2) is 6.61 Å². The highest BCUT2D eigenvalue weighted by molar-refractivity contribution is 5.89. The Labute approximate surface area is 226 Å². The Bertz CT molecular complexity index is 1140. The van der Waals surface area contributed by atoms with E-state index in [0.29, 0.717) is 36.2 Å². The lowest BCUT2D eigenvalue weighted by atomic mass is 9.43. The van der Waals surface area contributed by atoms with Crippen molar-refractivity contribution in [2.75, 3.05) is 6.61 Å². The molecule has 7 heteroatoms. The monoisotopic (exact) mass is 525 g/mol. The fourth-order valence-electron chi connectivity index (χ4n) is 9.96. The molecule has 2 aliphatic heterocycles. The molecular weight excluding hydrogens is 482 g/mol. The van der Waals surface area contributed by atoms with Crippen LogP contribution in [-0.4, -0.2) is 58.0 Å². The second-order valence-corrected chi connectivity index (χ2v) is 13.9. The molecule has 2 heterocycles. The Morgan fingerprint density at radius 3 is 2.68 bits per heavy atom. The van der Waals surface area contributed by atoms with E-state index in [2.05, 4.69) is 24.9 Å². The van der Waals surface area contributed by atoms with E-state index in [1.54, 1.807) is 6.92 Å². The second-order valence-electron chi connectivity index (χ2n) is 13.9. The lowest BCUT2D eigenvalue weighted by Gasteiger charge is -2.62. The number of epoxide rings is 1. The first-order valence-electron chi connectivity index (χ1n) is 14.5. The molecule has 0 spiro atoms. The van der Waals surface area contributed by atoms with Crippen LogP contribution in [0.2, 0.25) is 0 Å². The second kappa shape index (κ2) is 8.56. The molecule has 0 aromatic rings. The maximum atomic E-state index is 12.5. The van der Waals surface area contributed by atoms with Crippen LogP contribution in [0.25, 0.3) is 0 Å². The summed E-state index contributed by atoms with van der Waals surface area (Å²) in [6.07, 6.45) is 11.2. The van der Waals surface area contributed by atoms with Crippen LogP contribution in [0.4, 0.5) is 0 Å². The van der Waals surface area contributed by atoms with Crippen LogP contribution in [0.5, 0.6) is 0 Å². The number of esters is 1. The smallest absolute Gasteiger partial charge is 0.334 e. The van der Waals surface area contributed by atoms with E-state index in [0.717, 1.165) is 49.8 Å². The van der Waals surface area contributed by atoms with Crippen LogP contribution in [0, 0.1) is 46.8 Å². The number of ether oxygens (including phenoxy) is 2. The maximum Gasteiger partial charge on any atom is 0.334 e. The molecule has 0 amide bonds. The van der Waals surface area contributed by atoms with E-state index >= 15 is 0 Å². The van der Waals surface area contributed by atoms with Gasteiger partial charge in [0.05, 0.1) is 11.8 Å². The average Bonchev–Trinajstić information content (AvgIpc) is 3.59. The van der Waals surface area contributed by atoms with E-state index in [1.807, 2.05) is 13.8 Å². The van der Waals surface area contributed by atoms with Crippen LogP contribution < -0.4 is 0 Å². The average molecular weight is 526 g/mol. The SMILES string of the molecule is C#CCO/N=C1/CC[C@]2(C)[C@H]3CC[C@]4(C)[C@@H]([C@@](C)(O)[C@H]5CC(C)=C(C)C(=O)O5)CC[C@H]4[C@@H]3[C@@H]3O[C@@H]3[C@@]2(O)C1. The van der Waals surface area contributed by atoms with Gasteiger partial charge in [-0.25, -0.2) is 4.79 Å². The largest absolute Gasteiger partial charge is 0.456 e. The van der Waals surface area contributed by atoms with Crippen molar-refractivity contribution < 1.29 is 29.3 Å². The van der Waals surface area contributed by atoms with Gasteiger partial charge in [0.2, 0.25) is 0 Å². The van der Waals surface area contributed by atoms with Gasteiger partial charge in [0.25, 0.3) is 0 Å². The zero-order valence-electron chi connectivity index (χ0n) is 23.5. The van der Waals surface area contributed by atoms with Crippen molar-refractivity contribution in [2.24, 2.45) is 39.7 Å². The number of nitrogens with zero attached hydrogens (tertiary/aromatic N) is 1. The van der Waals surface area contributed by atoms with E-state index in [1.165, 1.54) is 0 Å². The normalized spacial score (nSPS) is 50.1. The van der Waals surface area contributed by atoms with Gasteiger partial charge in [-0.15, -0.1) is 6.42 Å². The van der Waals surface area contributed by atoms with Crippen LogP contribution in [0.1, 0.15) is 86.0 Å². The van der Waals surface area contributed by atoms with Gasteiger partial charge in [0.1, 0.15) is 23.4 Å². The fourth-order valence-corrected chi connectivity index (χ4v) is 9.96. The van der Waals surface area contributed by atoms with Crippen LogP contribution in [0.15, 0.2) is 16.3 Å². The van der Waals surface area contributed by atoms with Crippen LogP contribution >= 0.6 is 0 Å². The number of fused-ring (bicyclic) bond motifs is 8. The van der Waals surface area contributed by atoms with Crippen LogP contribution in [-0.2, 0) is 19.1 Å². The Morgan fingerprint density at radius 1 is 1.21 bits per heavy atom.